The second kappa shape index (κ2) is 8.76. The number of carbonyl (C=O) groups is 2. The third-order valence-corrected chi connectivity index (χ3v) is 5.85. The van der Waals surface area contributed by atoms with Crippen molar-refractivity contribution in [3.8, 4) is 0 Å². The van der Waals surface area contributed by atoms with Crippen molar-refractivity contribution >= 4 is 17.5 Å². The number of rotatable bonds is 5. The predicted octanol–water partition coefficient (Wildman–Crippen LogP) is 1.88. The molecule has 2 N–H and O–H groups in total. The molecule has 0 aromatic heterocycles. The van der Waals surface area contributed by atoms with Gasteiger partial charge < -0.3 is 10.6 Å². The lowest BCUT2D eigenvalue weighted by Crippen LogP contribution is -2.50. The van der Waals surface area contributed by atoms with E-state index in [-0.39, 0.29) is 5.91 Å². The Labute approximate surface area is 171 Å². The van der Waals surface area contributed by atoms with Gasteiger partial charge in [0.2, 0.25) is 11.8 Å². The van der Waals surface area contributed by atoms with Crippen LogP contribution in [0.4, 0.5) is 5.69 Å². The Hall–Kier alpha value is -2.70. The van der Waals surface area contributed by atoms with Crippen LogP contribution in [0.2, 0.25) is 0 Å². The number of nitrogens with two attached hydrogens (primary N) is 1. The van der Waals surface area contributed by atoms with E-state index in [0.29, 0.717) is 12.1 Å². The zero-order valence-corrected chi connectivity index (χ0v) is 16.7. The van der Waals surface area contributed by atoms with Gasteiger partial charge in [0.05, 0.1) is 6.54 Å². The summed E-state index contributed by atoms with van der Waals surface area (Å²) in [5.74, 6) is -0.200. The molecule has 1 fully saturated rings. The minimum Gasteiger partial charge on any atom is -0.366 e. The van der Waals surface area contributed by atoms with Crippen LogP contribution in [0.15, 0.2) is 48.5 Å². The molecular weight excluding hydrogens is 364 g/mol. The number of aryl methyl sites for hydroxylation is 1. The van der Waals surface area contributed by atoms with Gasteiger partial charge in [-0.3, -0.25) is 19.4 Å². The van der Waals surface area contributed by atoms with E-state index in [9.17, 15) is 9.59 Å². The number of hydrogen-bond acceptors (Lipinski definition) is 4. The SMILES string of the molecule is NC(=O)c1cccc(CN2CCN(CC(=O)N3CCCc4ccccc43)CC2)c1. The molecule has 0 atom stereocenters. The summed E-state index contributed by atoms with van der Waals surface area (Å²) < 4.78 is 0. The van der Waals surface area contributed by atoms with Crippen LogP contribution in [-0.2, 0) is 17.8 Å². The number of para-hydroxylation sites is 1. The van der Waals surface area contributed by atoms with Crippen LogP contribution in [-0.4, -0.2) is 60.9 Å². The van der Waals surface area contributed by atoms with Crippen LogP contribution in [0.3, 0.4) is 0 Å². The molecule has 2 heterocycles. The lowest BCUT2D eigenvalue weighted by Gasteiger charge is -2.36. The molecule has 2 amide bonds. The van der Waals surface area contributed by atoms with Crippen LogP contribution in [0, 0.1) is 0 Å². The zero-order chi connectivity index (χ0) is 20.2. The van der Waals surface area contributed by atoms with Crippen molar-refractivity contribution in [2.75, 3.05) is 44.2 Å². The molecule has 0 aliphatic carbocycles. The fraction of sp³-hybridized carbons (Fsp3) is 0.391. The van der Waals surface area contributed by atoms with E-state index in [0.717, 1.165) is 63.4 Å². The van der Waals surface area contributed by atoms with Gasteiger partial charge in [0.1, 0.15) is 0 Å². The number of hydrogen-bond donors (Lipinski definition) is 1. The lowest BCUT2D eigenvalue weighted by atomic mass is 10.0. The van der Waals surface area contributed by atoms with Gasteiger partial charge in [-0.05, 0) is 42.2 Å². The highest BCUT2D eigenvalue weighted by Crippen LogP contribution is 2.26. The summed E-state index contributed by atoms with van der Waals surface area (Å²) in [5, 5.41) is 0. The number of piperazine rings is 1. The molecule has 4 rings (SSSR count). The Kier molecular flexibility index (Phi) is 5.92. The van der Waals surface area contributed by atoms with Crippen LogP contribution in [0.1, 0.15) is 27.9 Å². The average Bonchev–Trinajstić information content (AvgIpc) is 2.75. The normalized spacial score (nSPS) is 17.7. The van der Waals surface area contributed by atoms with Crippen molar-refractivity contribution in [1.29, 1.82) is 0 Å². The molecule has 29 heavy (non-hydrogen) atoms. The third kappa shape index (κ3) is 4.66. The van der Waals surface area contributed by atoms with Gasteiger partial charge >= 0.3 is 0 Å². The van der Waals surface area contributed by atoms with Crippen molar-refractivity contribution in [1.82, 2.24) is 9.80 Å². The summed E-state index contributed by atoms with van der Waals surface area (Å²) in [6.07, 6.45) is 2.08. The summed E-state index contributed by atoms with van der Waals surface area (Å²) in [6, 6.07) is 15.8. The van der Waals surface area contributed by atoms with Gasteiger partial charge in [-0.1, -0.05) is 30.3 Å². The number of nitrogens with zero attached hydrogens (tertiary/aromatic N) is 3. The Balaban J connectivity index is 1.30. The molecule has 1 saturated heterocycles. The van der Waals surface area contributed by atoms with Gasteiger partial charge in [0.15, 0.2) is 0 Å². The number of amides is 2. The molecule has 0 radical (unpaired) electrons. The molecule has 2 aliphatic rings. The molecule has 0 unspecified atom stereocenters. The standard InChI is InChI=1S/C23H28N4O2/c24-23(29)20-7-3-5-18(15-20)16-25-11-13-26(14-12-25)17-22(28)27-10-4-8-19-6-1-2-9-21(19)27/h1-3,5-7,9,15H,4,8,10-14,16-17H2,(H2,24,29). The van der Waals surface area contributed by atoms with Crippen molar-refractivity contribution in [3.63, 3.8) is 0 Å². The summed E-state index contributed by atoms with van der Waals surface area (Å²) in [6.45, 7) is 5.64. The minimum absolute atomic E-state index is 0.194. The van der Waals surface area contributed by atoms with Crippen molar-refractivity contribution < 1.29 is 9.59 Å². The summed E-state index contributed by atoms with van der Waals surface area (Å²) in [4.78, 5) is 30.9. The number of fused-ring (bicyclic) bond motifs is 1. The fourth-order valence-electron chi connectivity index (χ4n) is 4.26. The topological polar surface area (TPSA) is 69.9 Å². The van der Waals surface area contributed by atoms with Crippen molar-refractivity contribution in [2.24, 2.45) is 5.73 Å². The van der Waals surface area contributed by atoms with E-state index in [1.165, 1.54) is 5.56 Å². The van der Waals surface area contributed by atoms with Crippen LogP contribution in [0.25, 0.3) is 0 Å². The average molecular weight is 393 g/mol. The third-order valence-electron chi connectivity index (χ3n) is 5.85. The van der Waals surface area contributed by atoms with E-state index < -0.39 is 5.91 Å². The summed E-state index contributed by atoms with van der Waals surface area (Å²) in [7, 11) is 0. The van der Waals surface area contributed by atoms with Crippen LogP contribution < -0.4 is 10.6 Å². The van der Waals surface area contributed by atoms with E-state index in [4.69, 9.17) is 5.73 Å². The molecular formula is C23H28N4O2. The maximum atomic E-state index is 12.9. The molecule has 0 spiro atoms. The monoisotopic (exact) mass is 392 g/mol. The Bertz CT molecular complexity index is 890. The molecule has 0 bridgehead atoms. The first-order valence-corrected chi connectivity index (χ1v) is 10.3. The largest absolute Gasteiger partial charge is 0.366 e. The highest BCUT2D eigenvalue weighted by atomic mass is 16.2. The van der Waals surface area contributed by atoms with Crippen LogP contribution >= 0.6 is 0 Å². The Morgan fingerprint density at radius 2 is 1.66 bits per heavy atom. The van der Waals surface area contributed by atoms with Crippen LogP contribution in [0.5, 0.6) is 0 Å². The maximum Gasteiger partial charge on any atom is 0.248 e. The summed E-state index contributed by atoms with van der Waals surface area (Å²) >= 11 is 0. The molecule has 0 saturated carbocycles. The Morgan fingerprint density at radius 3 is 2.45 bits per heavy atom. The Morgan fingerprint density at radius 1 is 0.897 bits per heavy atom. The van der Waals surface area contributed by atoms with E-state index >= 15 is 0 Å². The highest BCUT2D eigenvalue weighted by molar-refractivity contribution is 5.96. The van der Waals surface area contributed by atoms with E-state index in [2.05, 4.69) is 21.9 Å². The van der Waals surface area contributed by atoms with Gasteiger partial charge in [0.25, 0.3) is 0 Å². The molecule has 152 valence electrons. The van der Waals surface area contributed by atoms with Gasteiger partial charge in [-0.2, -0.15) is 0 Å². The number of primary amides is 1. The van der Waals surface area contributed by atoms with Crippen molar-refractivity contribution in [2.45, 2.75) is 19.4 Å². The number of benzene rings is 2. The first-order valence-electron chi connectivity index (χ1n) is 10.3. The van der Waals surface area contributed by atoms with Gasteiger partial charge in [0, 0.05) is 50.5 Å². The molecule has 2 aromatic carbocycles. The molecule has 2 aliphatic heterocycles. The van der Waals surface area contributed by atoms with Gasteiger partial charge in [-0.15, -0.1) is 0 Å². The lowest BCUT2D eigenvalue weighted by molar-refractivity contribution is -0.120. The maximum absolute atomic E-state index is 12.9. The first-order chi connectivity index (χ1) is 14.1. The fourth-order valence-corrected chi connectivity index (χ4v) is 4.26. The highest BCUT2D eigenvalue weighted by Gasteiger charge is 2.25. The summed E-state index contributed by atoms with van der Waals surface area (Å²) in [5.41, 5.74) is 9.37. The number of carbonyl (C=O) groups excluding carboxylic acids is 2. The molecule has 6 heteroatoms. The smallest absolute Gasteiger partial charge is 0.248 e. The van der Waals surface area contributed by atoms with E-state index in [1.54, 1.807) is 6.07 Å². The predicted molar refractivity (Wildman–Crippen MR) is 114 cm³/mol. The van der Waals surface area contributed by atoms with Gasteiger partial charge in [-0.25, -0.2) is 0 Å². The molecule has 6 nitrogen and oxygen atoms in total. The number of anilines is 1. The van der Waals surface area contributed by atoms with E-state index in [1.807, 2.05) is 35.2 Å². The first kappa shape index (κ1) is 19.6. The minimum atomic E-state index is -0.394. The quantitative estimate of drug-likeness (QED) is 0.844. The van der Waals surface area contributed by atoms with Crippen molar-refractivity contribution in [3.05, 3.63) is 65.2 Å². The zero-order valence-electron chi connectivity index (χ0n) is 16.7. The second-order valence-electron chi connectivity index (χ2n) is 7.89. The molecule has 2 aromatic rings. The second-order valence-corrected chi connectivity index (χ2v) is 7.89.